The van der Waals surface area contributed by atoms with E-state index in [1.165, 1.54) is 0 Å². The number of nitrogens with two attached hydrogens (primary N) is 3. The molecule has 0 radical (unpaired) electrons. The van der Waals surface area contributed by atoms with E-state index in [1.54, 1.807) is 0 Å². The Morgan fingerprint density at radius 3 is 2.00 bits per heavy atom. The lowest BCUT2D eigenvalue weighted by Gasteiger charge is -2.28. The SMILES string of the molecule is NC(=O)CC(N)C(=O)NC(CC(N)=O)C(=O)NC(CCC(=O)O)C(=O)N1CCCC1C(=O)O. The number of carboxylic acid groups (broad SMARTS) is 2. The van der Waals surface area contributed by atoms with E-state index in [9.17, 15) is 38.7 Å². The fourth-order valence-corrected chi connectivity index (χ4v) is 3.28. The second kappa shape index (κ2) is 12.3. The molecule has 0 aromatic carbocycles. The quantitative estimate of drug-likeness (QED) is 0.136. The van der Waals surface area contributed by atoms with Gasteiger partial charge in [-0.2, -0.15) is 0 Å². The van der Waals surface area contributed by atoms with Crippen LogP contribution in [0.5, 0.6) is 0 Å². The number of carboxylic acids is 2. The molecule has 1 aliphatic heterocycles. The van der Waals surface area contributed by atoms with Gasteiger partial charge in [-0.25, -0.2) is 4.79 Å². The number of carbonyl (C=O) groups excluding carboxylic acids is 5. The Labute approximate surface area is 188 Å². The van der Waals surface area contributed by atoms with E-state index < -0.39 is 84.9 Å². The van der Waals surface area contributed by atoms with Crippen molar-refractivity contribution in [1.29, 1.82) is 0 Å². The van der Waals surface area contributed by atoms with Crippen molar-refractivity contribution in [2.45, 2.75) is 62.7 Å². The van der Waals surface area contributed by atoms with Gasteiger partial charge in [-0.1, -0.05) is 0 Å². The van der Waals surface area contributed by atoms with Gasteiger partial charge in [0.15, 0.2) is 0 Å². The van der Waals surface area contributed by atoms with Crippen LogP contribution in [0.15, 0.2) is 0 Å². The minimum absolute atomic E-state index is 0.0959. The summed E-state index contributed by atoms with van der Waals surface area (Å²) < 4.78 is 0. The molecule has 0 saturated carbocycles. The zero-order chi connectivity index (χ0) is 25.3. The molecule has 1 fully saturated rings. The number of likely N-dealkylation sites (tertiary alicyclic amines) is 1. The van der Waals surface area contributed by atoms with Crippen LogP contribution in [0.25, 0.3) is 0 Å². The number of amides is 5. The Morgan fingerprint density at radius 2 is 1.48 bits per heavy atom. The predicted octanol–water partition coefficient (Wildman–Crippen LogP) is -4.03. The van der Waals surface area contributed by atoms with Crippen LogP contribution in [-0.2, 0) is 33.6 Å². The summed E-state index contributed by atoms with van der Waals surface area (Å²) >= 11 is 0. The fourth-order valence-electron chi connectivity index (χ4n) is 3.28. The van der Waals surface area contributed by atoms with Gasteiger partial charge in [0.2, 0.25) is 29.5 Å². The maximum Gasteiger partial charge on any atom is 0.326 e. The van der Waals surface area contributed by atoms with E-state index in [4.69, 9.17) is 22.3 Å². The van der Waals surface area contributed by atoms with Crippen molar-refractivity contribution < 1.29 is 43.8 Å². The highest BCUT2D eigenvalue weighted by Gasteiger charge is 2.38. The molecule has 184 valence electrons. The zero-order valence-electron chi connectivity index (χ0n) is 17.7. The summed E-state index contributed by atoms with van der Waals surface area (Å²) in [5.41, 5.74) is 15.6. The lowest BCUT2D eigenvalue weighted by Crippen LogP contribution is -2.58. The molecule has 1 saturated heterocycles. The topological polar surface area (TPSA) is 265 Å². The van der Waals surface area contributed by atoms with Crippen LogP contribution in [0.2, 0.25) is 0 Å². The lowest BCUT2D eigenvalue weighted by atomic mass is 10.1. The largest absolute Gasteiger partial charge is 0.481 e. The molecule has 4 atom stereocenters. The molecule has 5 amide bonds. The molecule has 15 heteroatoms. The van der Waals surface area contributed by atoms with E-state index in [1.807, 2.05) is 0 Å². The first-order valence-corrected chi connectivity index (χ1v) is 10.0. The van der Waals surface area contributed by atoms with Gasteiger partial charge in [-0.05, 0) is 19.3 Å². The summed E-state index contributed by atoms with van der Waals surface area (Å²) in [4.78, 5) is 83.5. The highest BCUT2D eigenvalue weighted by Crippen LogP contribution is 2.19. The molecule has 33 heavy (non-hydrogen) atoms. The number of hydrogen-bond donors (Lipinski definition) is 7. The first-order valence-electron chi connectivity index (χ1n) is 10.0. The molecule has 0 bridgehead atoms. The predicted molar refractivity (Wildman–Crippen MR) is 109 cm³/mol. The van der Waals surface area contributed by atoms with E-state index in [-0.39, 0.29) is 19.4 Å². The number of aliphatic carboxylic acids is 2. The standard InChI is InChI=1S/C18H28N6O9/c19-8(6-12(20)25)15(29)23-10(7-13(21)26)16(30)22-9(3-4-14(27)28)17(31)24-5-1-2-11(24)18(32)33/h8-11H,1-7,19H2,(H2,20,25)(H2,21,26)(H,22,30)(H,23,29)(H,27,28)(H,32,33). The third kappa shape index (κ3) is 8.72. The second-order valence-corrected chi connectivity index (χ2v) is 7.53. The van der Waals surface area contributed by atoms with Crippen LogP contribution >= 0.6 is 0 Å². The molecule has 0 aliphatic carbocycles. The van der Waals surface area contributed by atoms with Gasteiger partial charge in [0, 0.05) is 13.0 Å². The Kier molecular flexibility index (Phi) is 10.2. The number of nitrogens with one attached hydrogen (secondary N) is 2. The summed E-state index contributed by atoms with van der Waals surface area (Å²) in [5.74, 6) is -7.24. The van der Waals surface area contributed by atoms with Crippen LogP contribution in [0, 0.1) is 0 Å². The normalized spacial score (nSPS) is 18.0. The average molecular weight is 472 g/mol. The van der Waals surface area contributed by atoms with Gasteiger partial charge in [-0.15, -0.1) is 0 Å². The third-order valence-corrected chi connectivity index (χ3v) is 4.88. The van der Waals surface area contributed by atoms with Gasteiger partial charge in [0.05, 0.1) is 18.9 Å². The van der Waals surface area contributed by atoms with Crippen molar-refractivity contribution in [2.75, 3.05) is 6.54 Å². The Balaban J connectivity index is 3.04. The van der Waals surface area contributed by atoms with Crippen molar-refractivity contribution in [3.8, 4) is 0 Å². The molecule has 0 aromatic heterocycles. The van der Waals surface area contributed by atoms with E-state index in [2.05, 4.69) is 10.6 Å². The smallest absolute Gasteiger partial charge is 0.326 e. The first kappa shape index (κ1) is 27.3. The average Bonchev–Trinajstić information content (AvgIpc) is 3.19. The lowest BCUT2D eigenvalue weighted by molar-refractivity contribution is -0.150. The summed E-state index contributed by atoms with van der Waals surface area (Å²) in [6.45, 7) is 0.0959. The molecular weight excluding hydrogens is 444 g/mol. The number of nitrogens with zero attached hydrogens (tertiary/aromatic N) is 1. The van der Waals surface area contributed by atoms with Gasteiger partial charge >= 0.3 is 11.9 Å². The minimum atomic E-state index is -1.59. The molecule has 1 rings (SSSR count). The van der Waals surface area contributed by atoms with Gasteiger partial charge in [-0.3, -0.25) is 28.8 Å². The van der Waals surface area contributed by atoms with E-state index >= 15 is 0 Å². The van der Waals surface area contributed by atoms with Crippen LogP contribution < -0.4 is 27.8 Å². The molecule has 15 nitrogen and oxygen atoms in total. The summed E-state index contributed by atoms with van der Waals surface area (Å²) in [6, 6.07) is -5.59. The van der Waals surface area contributed by atoms with E-state index in [0.29, 0.717) is 6.42 Å². The number of rotatable bonds is 13. The summed E-state index contributed by atoms with van der Waals surface area (Å²) in [6.07, 6.45) is -1.54. The molecule has 4 unspecified atom stereocenters. The van der Waals surface area contributed by atoms with Crippen LogP contribution in [0.3, 0.4) is 0 Å². The summed E-state index contributed by atoms with van der Waals surface area (Å²) in [5, 5.41) is 22.7. The highest BCUT2D eigenvalue weighted by molar-refractivity contribution is 5.97. The van der Waals surface area contributed by atoms with Crippen molar-refractivity contribution in [2.24, 2.45) is 17.2 Å². The Bertz CT molecular complexity index is 817. The monoisotopic (exact) mass is 472 g/mol. The Morgan fingerprint density at radius 1 is 0.909 bits per heavy atom. The van der Waals surface area contributed by atoms with E-state index in [0.717, 1.165) is 4.90 Å². The minimum Gasteiger partial charge on any atom is -0.481 e. The molecular formula is C18H28N6O9. The number of primary amides is 2. The maximum absolute atomic E-state index is 12.9. The Hall–Kier alpha value is -3.75. The second-order valence-electron chi connectivity index (χ2n) is 7.53. The van der Waals surface area contributed by atoms with Crippen molar-refractivity contribution >= 4 is 41.5 Å². The van der Waals surface area contributed by atoms with Crippen molar-refractivity contribution in [1.82, 2.24) is 15.5 Å². The number of hydrogen-bond acceptors (Lipinski definition) is 8. The fraction of sp³-hybridized carbons (Fsp3) is 0.611. The first-order chi connectivity index (χ1) is 15.3. The zero-order valence-corrected chi connectivity index (χ0v) is 17.7. The summed E-state index contributed by atoms with van der Waals surface area (Å²) in [7, 11) is 0. The van der Waals surface area contributed by atoms with Crippen LogP contribution in [0.4, 0.5) is 0 Å². The highest BCUT2D eigenvalue weighted by atomic mass is 16.4. The molecule has 1 aliphatic rings. The molecule has 0 aromatic rings. The van der Waals surface area contributed by atoms with Gasteiger partial charge < -0.3 is 42.9 Å². The number of carbonyl (C=O) groups is 7. The van der Waals surface area contributed by atoms with Crippen LogP contribution in [0.1, 0.15) is 38.5 Å². The van der Waals surface area contributed by atoms with Crippen LogP contribution in [-0.4, -0.2) is 87.3 Å². The molecule has 10 N–H and O–H groups in total. The maximum atomic E-state index is 12.9. The third-order valence-electron chi connectivity index (χ3n) is 4.88. The van der Waals surface area contributed by atoms with Gasteiger partial charge in [0.25, 0.3) is 0 Å². The van der Waals surface area contributed by atoms with Gasteiger partial charge in [0.1, 0.15) is 18.1 Å². The van der Waals surface area contributed by atoms with Crippen molar-refractivity contribution in [3.63, 3.8) is 0 Å². The van der Waals surface area contributed by atoms with Crippen molar-refractivity contribution in [3.05, 3.63) is 0 Å². The molecule has 0 spiro atoms. The molecule has 1 heterocycles.